The van der Waals surface area contributed by atoms with Gasteiger partial charge in [-0.25, -0.2) is 9.77 Å². The monoisotopic (exact) mass is 535 g/mol. The fourth-order valence-electron chi connectivity index (χ4n) is 2.92. The van der Waals surface area contributed by atoms with Crippen molar-refractivity contribution in [3.63, 3.8) is 0 Å². The molecule has 0 unspecified atom stereocenters. The van der Waals surface area contributed by atoms with Crippen LogP contribution in [0, 0.1) is 4.77 Å². The number of pyridine rings is 1. The van der Waals surface area contributed by atoms with Crippen molar-refractivity contribution in [2.75, 3.05) is 5.43 Å². The highest BCUT2D eigenvalue weighted by molar-refractivity contribution is 9.10. The minimum atomic E-state index is 0.318. The van der Waals surface area contributed by atoms with Crippen LogP contribution in [0.1, 0.15) is 11.1 Å². The SMILES string of the molecule is S=c1[nH]nc(-c2ccncc2)n1NCc1cc(Br)ccc1OCc1ccc(Cl)cc1Cl. The topological polar surface area (TPSA) is 67.8 Å². The highest BCUT2D eigenvalue weighted by atomic mass is 79.9. The summed E-state index contributed by atoms with van der Waals surface area (Å²) < 4.78 is 9.18. The van der Waals surface area contributed by atoms with Gasteiger partial charge < -0.3 is 10.2 Å². The summed E-state index contributed by atoms with van der Waals surface area (Å²) in [6.45, 7) is 0.771. The van der Waals surface area contributed by atoms with Crippen molar-refractivity contribution in [3.8, 4) is 17.1 Å². The van der Waals surface area contributed by atoms with Crippen molar-refractivity contribution in [3.05, 3.63) is 91.3 Å². The number of H-pyrrole nitrogens is 1. The summed E-state index contributed by atoms with van der Waals surface area (Å²) in [5.74, 6) is 1.39. The lowest BCUT2D eigenvalue weighted by atomic mass is 10.2. The molecule has 0 amide bonds. The Morgan fingerprint density at radius 2 is 1.87 bits per heavy atom. The molecule has 2 aromatic carbocycles. The minimum absolute atomic E-state index is 0.318. The summed E-state index contributed by atoms with van der Waals surface area (Å²) in [6, 6.07) is 14.9. The van der Waals surface area contributed by atoms with E-state index < -0.39 is 0 Å². The lowest BCUT2D eigenvalue weighted by molar-refractivity contribution is 0.303. The van der Waals surface area contributed by atoms with E-state index in [0.29, 0.717) is 33.8 Å². The first-order chi connectivity index (χ1) is 15.0. The summed E-state index contributed by atoms with van der Waals surface area (Å²) in [7, 11) is 0. The zero-order valence-electron chi connectivity index (χ0n) is 16.0. The zero-order chi connectivity index (χ0) is 21.8. The molecule has 2 N–H and O–H groups in total. The van der Waals surface area contributed by atoms with Gasteiger partial charge in [-0.1, -0.05) is 45.2 Å². The molecule has 6 nitrogen and oxygen atoms in total. The Labute approximate surface area is 202 Å². The molecule has 2 heterocycles. The molecule has 0 atom stereocenters. The maximum absolute atomic E-state index is 6.27. The smallest absolute Gasteiger partial charge is 0.214 e. The fraction of sp³-hybridized carbons (Fsp3) is 0.0952. The molecule has 0 fully saturated rings. The molecule has 0 aliphatic rings. The second kappa shape index (κ2) is 9.82. The maximum atomic E-state index is 6.27. The van der Waals surface area contributed by atoms with Crippen LogP contribution in [0.15, 0.2) is 65.4 Å². The Kier molecular flexibility index (Phi) is 6.92. The lowest BCUT2D eigenvalue weighted by Gasteiger charge is -2.15. The quantitative estimate of drug-likeness (QED) is 0.268. The molecule has 2 aromatic heterocycles. The van der Waals surface area contributed by atoms with Crippen LogP contribution in [0.25, 0.3) is 11.4 Å². The van der Waals surface area contributed by atoms with Crippen LogP contribution in [-0.4, -0.2) is 19.9 Å². The summed E-state index contributed by atoms with van der Waals surface area (Å²) in [4.78, 5) is 4.05. The number of nitrogens with one attached hydrogen (secondary N) is 2. The van der Waals surface area contributed by atoms with E-state index in [1.54, 1.807) is 29.2 Å². The van der Waals surface area contributed by atoms with Gasteiger partial charge in [0.05, 0.1) is 6.54 Å². The molecule has 4 aromatic rings. The van der Waals surface area contributed by atoms with Gasteiger partial charge in [-0.2, -0.15) is 5.10 Å². The van der Waals surface area contributed by atoms with Gasteiger partial charge in [-0.3, -0.25) is 4.98 Å². The van der Waals surface area contributed by atoms with Gasteiger partial charge in [0.1, 0.15) is 12.4 Å². The van der Waals surface area contributed by atoms with Gasteiger partial charge in [0.2, 0.25) is 4.77 Å². The minimum Gasteiger partial charge on any atom is -0.488 e. The number of aromatic nitrogens is 4. The molecule has 0 saturated heterocycles. The maximum Gasteiger partial charge on any atom is 0.214 e. The van der Waals surface area contributed by atoms with Crippen molar-refractivity contribution in [1.29, 1.82) is 0 Å². The number of benzene rings is 2. The lowest BCUT2D eigenvalue weighted by Crippen LogP contribution is -2.16. The molecule has 0 aliphatic heterocycles. The second-order valence-corrected chi connectivity index (χ2v) is 8.68. The van der Waals surface area contributed by atoms with E-state index in [9.17, 15) is 0 Å². The molecule has 4 rings (SSSR count). The summed E-state index contributed by atoms with van der Waals surface area (Å²) in [5, 5.41) is 8.30. The van der Waals surface area contributed by atoms with Crippen molar-refractivity contribution in [1.82, 2.24) is 19.9 Å². The van der Waals surface area contributed by atoms with Crippen LogP contribution in [0.2, 0.25) is 10.0 Å². The van der Waals surface area contributed by atoms with Crippen molar-refractivity contribution >= 4 is 51.3 Å². The Bertz CT molecular complexity index is 1260. The van der Waals surface area contributed by atoms with Crippen LogP contribution in [-0.2, 0) is 13.2 Å². The molecular weight excluding hydrogens is 521 g/mol. The predicted octanol–water partition coefficient (Wildman–Crippen LogP) is 6.39. The molecule has 10 heteroatoms. The summed E-state index contributed by atoms with van der Waals surface area (Å²) >= 11 is 21.2. The highest BCUT2D eigenvalue weighted by Crippen LogP contribution is 2.27. The van der Waals surface area contributed by atoms with Gasteiger partial charge in [-0.15, -0.1) is 0 Å². The third kappa shape index (κ3) is 5.27. The Balaban J connectivity index is 1.54. The first kappa shape index (κ1) is 21.8. The third-order valence-corrected chi connectivity index (χ3v) is 5.81. The average molecular weight is 537 g/mol. The molecule has 0 spiro atoms. The number of nitrogens with zero attached hydrogens (tertiary/aromatic N) is 3. The van der Waals surface area contributed by atoms with E-state index in [0.717, 1.165) is 26.9 Å². The van der Waals surface area contributed by atoms with Gasteiger partial charge in [-0.05, 0) is 54.7 Å². The highest BCUT2D eigenvalue weighted by Gasteiger charge is 2.11. The Morgan fingerprint density at radius 3 is 2.65 bits per heavy atom. The zero-order valence-corrected chi connectivity index (χ0v) is 19.9. The van der Waals surface area contributed by atoms with Crippen LogP contribution in [0.3, 0.4) is 0 Å². The summed E-state index contributed by atoms with van der Waals surface area (Å²) in [5.41, 5.74) is 5.99. The number of rotatable bonds is 7. The standard InChI is InChI=1S/C21H16BrCl2N5OS/c22-16-2-4-19(30-12-14-1-3-17(23)10-18(14)24)15(9-16)11-26-29-20(27-28-21(29)31)13-5-7-25-8-6-13/h1-10,26H,11-12H2,(H,28,31). The van der Waals surface area contributed by atoms with Crippen molar-refractivity contribution in [2.24, 2.45) is 0 Å². The molecule has 158 valence electrons. The number of hydrogen-bond acceptors (Lipinski definition) is 5. The van der Waals surface area contributed by atoms with E-state index in [1.165, 1.54) is 0 Å². The van der Waals surface area contributed by atoms with Crippen LogP contribution in [0.4, 0.5) is 0 Å². The normalized spacial score (nSPS) is 10.8. The van der Waals surface area contributed by atoms with E-state index in [-0.39, 0.29) is 0 Å². The molecule has 0 bridgehead atoms. The number of halogens is 3. The van der Waals surface area contributed by atoms with Gasteiger partial charge in [0.25, 0.3) is 0 Å². The van der Waals surface area contributed by atoms with Crippen molar-refractivity contribution < 1.29 is 4.74 Å². The predicted molar refractivity (Wildman–Crippen MR) is 129 cm³/mol. The van der Waals surface area contributed by atoms with Crippen LogP contribution < -0.4 is 10.2 Å². The van der Waals surface area contributed by atoms with Gasteiger partial charge in [0.15, 0.2) is 5.82 Å². The first-order valence-electron chi connectivity index (χ1n) is 9.18. The van der Waals surface area contributed by atoms with Gasteiger partial charge in [0, 0.05) is 43.6 Å². The Hall–Kier alpha value is -2.39. The molecule has 31 heavy (non-hydrogen) atoms. The van der Waals surface area contributed by atoms with Gasteiger partial charge >= 0.3 is 0 Å². The number of hydrogen-bond donors (Lipinski definition) is 2. The van der Waals surface area contributed by atoms with Crippen LogP contribution in [0.5, 0.6) is 5.75 Å². The van der Waals surface area contributed by atoms with Crippen LogP contribution >= 0.6 is 51.3 Å². The van der Waals surface area contributed by atoms with E-state index in [2.05, 4.69) is 36.5 Å². The molecule has 0 saturated carbocycles. The largest absolute Gasteiger partial charge is 0.488 e. The average Bonchev–Trinajstić information content (AvgIpc) is 3.13. The first-order valence-corrected chi connectivity index (χ1v) is 11.1. The molecule has 0 radical (unpaired) electrons. The Morgan fingerprint density at radius 1 is 1.06 bits per heavy atom. The van der Waals surface area contributed by atoms with E-state index in [1.807, 2.05) is 36.4 Å². The summed E-state index contributed by atoms with van der Waals surface area (Å²) in [6.07, 6.45) is 3.42. The number of aromatic amines is 1. The fourth-order valence-corrected chi connectivity index (χ4v) is 3.99. The van der Waals surface area contributed by atoms with E-state index in [4.69, 9.17) is 40.2 Å². The molecular formula is C21H16BrCl2N5OS. The van der Waals surface area contributed by atoms with Crippen molar-refractivity contribution in [2.45, 2.75) is 13.2 Å². The second-order valence-electron chi connectivity index (χ2n) is 6.54. The van der Waals surface area contributed by atoms with E-state index >= 15 is 0 Å². The molecule has 0 aliphatic carbocycles. The third-order valence-electron chi connectivity index (χ3n) is 4.46. The number of ether oxygens (including phenoxy) is 1.